The Morgan fingerprint density at radius 3 is 2.24 bits per heavy atom. The molecule has 0 unspecified atom stereocenters. The van der Waals surface area contributed by atoms with E-state index in [0.717, 1.165) is 17.4 Å². The number of amides is 1. The van der Waals surface area contributed by atoms with Crippen LogP contribution in [0.5, 0.6) is 5.75 Å². The fourth-order valence-electron chi connectivity index (χ4n) is 3.28. The van der Waals surface area contributed by atoms with E-state index in [1.165, 1.54) is 4.31 Å². The van der Waals surface area contributed by atoms with Gasteiger partial charge in [0, 0.05) is 11.8 Å². The number of rotatable bonds is 8. The zero-order chi connectivity index (χ0) is 21.8. The van der Waals surface area contributed by atoms with Gasteiger partial charge in [-0.15, -0.1) is 0 Å². The monoisotopic (exact) mass is 418 g/mol. The van der Waals surface area contributed by atoms with Crippen LogP contribution in [-0.4, -0.2) is 32.7 Å². The molecule has 6 nitrogen and oxygen atoms in total. The number of sulfonamides is 1. The van der Waals surface area contributed by atoms with Gasteiger partial charge in [-0.05, 0) is 69.5 Å². The summed E-state index contributed by atoms with van der Waals surface area (Å²) in [6.45, 7) is 9.44. The van der Waals surface area contributed by atoms with Crippen molar-refractivity contribution < 1.29 is 17.9 Å². The second-order valence-electron chi connectivity index (χ2n) is 7.51. The molecule has 1 N–H and O–H groups in total. The number of carbonyl (C=O) groups is 1. The van der Waals surface area contributed by atoms with Crippen molar-refractivity contribution in [2.45, 2.75) is 53.2 Å². The molecule has 0 heterocycles. The van der Waals surface area contributed by atoms with Crippen molar-refractivity contribution >= 4 is 27.3 Å². The first-order valence-electron chi connectivity index (χ1n) is 9.66. The summed E-state index contributed by atoms with van der Waals surface area (Å²) in [6.07, 6.45) is 1.46. The summed E-state index contributed by atoms with van der Waals surface area (Å²) in [4.78, 5) is 13.1. The molecule has 0 radical (unpaired) electrons. The normalized spacial score (nSPS) is 12.5. The highest BCUT2D eigenvalue weighted by atomic mass is 32.2. The maximum absolute atomic E-state index is 13.1. The topological polar surface area (TPSA) is 75.7 Å². The van der Waals surface area contributed by atoms with Gasteiger partial charge in [0.2, 0.25) is 15.9 Å². The number of hydrogen-bond acceptors (Lipinski definition) is 4. The Hall–Kier alpha value is -2.54. The van der Waals surface area contributed by atoms with Crippen LogP contribution in [0.4, 0.5) is 11.4 Å². The van der Waals surface area contributed by atoms with Crippen LogP contribution in [0.25, 0.3) is 0 Å². The largest absolute Gasteiger partial charge is 0.491 e. The van der Waals surface area contributed by atoms with Crippen LogP contribution in [0, 0.1) is 13.8 Å². The lowest BCUT2D eigenvalue weighted by molar-refractivity contribution is -0.117. The van der Waals surface area contributed by atoms with Gasteiger partial charge < -0.3 is 10.1 Å². The average Bonchev–Trinajstić information content (AvgIpc) is 2.57. The molecule has 0 aliphatic heterocycles. The minimum absolute atomic E-state index is 0.00891. The van der Waals surface area contributed by atoms with E-state index in [4.69, 9.17) is 4.74 Å². The van der Waals surface area contributed by atoms with Gasteiger partial charge in [0.25, 0.3) is 0 Å². The highest BCUT2D eigenvalue weighted by molar-refractivity contribution is 7.92. The van der Waals surface area contributed by atoms with Crippen LogP contribution < -0.4 is 14.4 Å². The Morgan fingerprint density at radius 1 is 1.10 bits per heavy atom. The third-order valence-electron chi connectivity index (χ3n) is 4.26. The maximum atomic E-state index is 13.1. The summed E-state index contributed by atoms with van der Waals surface area (Å²) in [7, 11) is -3.68. The molecule has 0 spiro atoms. The van der Waals surface area contributed by atoms with Crippen molar-refractivity contribution in [3.05, 3.63) is 53.6 Å². The summed E-state index contributed by atoms with van der Waals surface area (Å²) in [5, 5.41) is 2.83. The van der Waals surface area contributed by atoms with E-state index in [1.54, 1.807) is 37.3 Å². The summed E-state index contributed by atoms with van der Waals surface area (Å²) < 4.78 is 32.1. The maximum Gasteiger partial charge on any atom is 0.248 e. The molecule has 0 aliphatic carbocycles. The molecular formula is C22H30N2O4S. The minimum Gasteiger partial charge on any atom is -0.491 e. The summed E-state index contributed by atoms with van der Waals surface area (Å²) in [5.41, 5.74) is 2.91. The second kappa shape index (κ2) is 9.31. The molecule has 2 aromatic carbocycles. The molecule has 1 atom stereocenters. The quantitative estimate of drug-likeness (QED) is 0.694. The molecule has 7 heteroatoms. The van der Waals surface area contributed by atoms with Crippen molar-refractivity contribution in [1.29, 1.82) is 0 Å². The standard InChI is InChI=1S/C22H30N2O4S/c1-7-21(22(25)23-18-9-8-10-20(14-18)28-15(2)3)24(29(6,26)27)19-12-16(4)11-17(5)13-19/h8-15,21H,7H2,1-6H3,(H,23,25)/t21-/m1/s1. The Balaban J connectivity index is 2.36. The number of nitrogens with zero attached hydrogens (tertiary/aromatic N) is 1. The van der Waals surface area contributed by atoms with Gasteiger partial charge in [0.05, 0.1) is 18.0 Å². The van der Waals surface area contributed by atoms with E-state index in [0.29, 0.717) is 23.5 Å². The van der Waals surface area contributed by atoms with Crippen molar-refractivity contribution in [2.24, 2.45) is 0 Å². The van der Waals surface area contributed by atoms with E-state index in [2.05, 4.69) is 5.32 Å². The van der Waals surface area contributed by atoms with Gasteiger partial charge in [-0.25, -0.2) is 8.42 Å². The number of anilines is 2. The summed E-state index contributed by atoms with van der Waals surface area (Å²) in [6, 6.07) is 11.7. The summed E-state index contributed by atoms with van der Waals surface area (Å²) >= 11 is 0. The van der Waals surface area contributed by atoms with Crippen LogP contribution in [-0.2, 0) is 14.8 Å². The lowest BCUT2D eigenvalue weighted by Gasteiger charge is -2.30. The Labute approximate surface area is 173 Å². The van der Waals surface area contributed by atoms with Crippen LogP contribution in [0.15, 0.2) is 42.5 Å². The first kappa shape index (κ1) is 22.7. The van der Waals surface area contributed by atoms with E-state index in [9.17, 15) is 13.2 Å². The molecule has 158 valence electrons. The predicted molar refractivity (Wildman–Crippen MR) is 118 cm³/mol. The molecular weight excluding hydrogens is 388 g/mol. The molecule has 29 heavy (non-hydrogen) atoms. The smallest absolute Gasteiger partial charge is 0.248 e. The molecule has 0 saturated heterocycles. The molecule has 0 saturated carbocycles. The minimum atomic E-state index is -3.68. The van der Waals surface area contributed by atoms with Gasteiger partial charge in [0.1, 0.15) is 11.8 Å². The molecule has 1 amide bonds. The first-order valence-corrected chi connectivity index (χ1v) is 11.5. The first-order chi connectivity index (χ1) is 13.5. The number of hydrogen-bond donors (Lipinski definition) is 1. The van der Waals surface area contributed by atoms with E-state index >= 15 is 0 Å². The Bertz CT molecular complexity index is 950. The van der Waals surface area contributed by atoms with Gasteiger partial charge in [-0.2, -0.15) is 0 Å². The van der Waals surface area contributed by atoms with Gasteiger partial charge in [-0.3, -0.25) is 9.10 Å². The zero-order valence-electron chi connectivity index (χ0n) is 17.9. The molecule has 0 bridgehead atoms. The van der Waals surface area contributed by atoms with Crippen LogP contribution >= 0.6 is 0 Å². The number of nitrogens with one attached hydrogen (secondary N) is 1. The number of aryl methyl sites for hydroxylation is 2. The number of benzene rings is 2. The third kappa shape index (κ3) is 6.22. The number of carbonyl (C=O) groups excluding carboxylic acids is 1. The lowest BCUT2D eigenvalue weighted by atomic mass is 10.1. The fourth-order valence-corrected chi connectivity index (χ4v) is 4.48. The van der Waals surface area contributed by atoms with E-state index < -0.39 is 22.0 Å². The second-order valence-corrected chi connectivity index (χ2v) is 9.37. The SMILES string of the molecule is CC[C@H](C(=O)Nc1cccc(OC(C)C)c1)N(c1cc(C)cc(C)c1)S(C)(=O)=O. The van der Waals surface area contributed by atoms with Crippen LogP contribution in [0.2, 0.25) is 0 Å². The molecule has 0 aliphatic rings. The predicted octanol–water partition coefficient (Wildman–Crippen LogP) is 4.27. The fraction of sp³-hybridized carbons (Fsp3) is 0.409. The molecule has 0 fully saturated rings. The van der Waals surface area contributed by atoms with E-state index in [1.807, 2.05) is 39.8 Å². The van der Waals surface area contributed by atoms with E-state index in [-0.39, 0.29) is 6.10 Å². The summed E-state index contributed by atoms with van der Waals surface area (Å²) in [5.74, 6) is 0.249. The highest BCUT2D eigenvalue weighted by Crippen LogP contribution is 2.26. The van der Waals surface area contributed by atoms with Crippen LogP contribution in [0.1, 0.15) is 38.3 Å². The zero-order valence-corrected chi connectivity index (χ0v) is 18.7. The van der Waals surface area contributed by atoms with Crippen molar-refractivity contribution in [3.8, 4) is 5.75 Å². The van der Waals surface area contributed by atoms with Crippen molar-refractivity contribution in [3.63, 3.8) is 0 Å². The van der Waals surface area contributed by atoms with Crippen molar-refractivity contribution in [1.82, 2.24) is 0 Å². The molecule has 2 rings (SSSR count). The van der Waals surface area contributed by atoms with Gasteiger partial charge in [0.15, 0.2) is 0 Å². The molecule has 0 aromatic heterocycles. The van der Waals surface area contributed by atoms with Crippen molar-refractivity contribution in [2.75, 3.05) is 15.9 Å². The van der Waals surface area contributed by atoms with Gasteiger partial charge in [-0.1, -0.05) is 19.1 Å². The highest BCUT2D eigenvalue weighted by Gasteiger charge is 2.31. The number of ether oxygens (including phenoxy) is 1. The van der Waals surface area contributed by atoms with Crippen LogP contribution in [0.3, 0.4) is 0 Å². The Morgan fingerprint density at radius 2 is 1.72 bits per heavy atom. The third-order valence-corrected chi connectivity index (χ3v) is 5.44. The Kier molecular flexibility index (Phi) is 7.30. The lowest BCUT2D eigenvalue weighted by Crippen LogP contribution is -2.47. The average molecular weight is 419 g/mol. The van der Waals surface area contributed by atoms with Gasteiger partial charge >= 0.3 is 0 Å². The molecule has 2 aromatic rings.